The van der Waals surface area contributed by atoms with E-state index in [1.54, 1.807) is 5.57 Å². The summed E-state index contributed by atoms with van der Waals surface area (Å²) >= 11 is 0. The molecule has 154 valence electrons. The number of rotatable bonds is 9. The van der Waals surface area contributed by atoms with Crippen molar-refractivity contribution in [3.8, 4) is 0 Å². The lowest BCUT2D eigenvalue weighted by atomic mass is 9.85. The summed E-state index contributed by atoms with van der Waals surface area (Å²) in [5.74, 6) is 0.726. The number of hydrogen-bond donors (Lipinski definition) is 3. The van der Waals surface area contributed by atoms with Crippen molar-refractivity contribution in [2.24, 2.45) is 11.3 Å². The molecule has 3 N–H and O–H groups in total. The fourth-order valence-electron chi connectivity index (χ4n) is 4.79. The maximum absolute atomic E-state index is 9.56. The van der Waals surface area contributed by atoms with Gasteiger partial charge in [-0.15, -0.1) is 0 Å². The minimum Gasteiger partial charge on any atom is -0.396 e. The van der Waals surface area contributed by atoms with E-state index in [1.807, 2.05) is 0 Å². The van der Waals surface area contributed by atoms with E-state index in [9.17, 15) is 5.11 Å². The van der Waals surface area contributed by atoms with Gasteiger partial charge < -0.3 is 20.5 Å². The zero-order chi connectivity index (χ0) is 19.4. The lowest BCUT2D eigenvalue weighted by Gasteiger charge is -2.41. The molecule has 0 amide bonds. The van der Waals surface area contributed by atoms with Gasteiger partial charge in [0.2, 0.25) is 0 Å². The Morgan fingerprint density at radius 3 is 2.46 bits per heavy atom. The molecule has 1 aromatic rings. The van der Waals surface area contributed by atoms with Crippen molar-refractivity contribution >= 4 is 6.08 Å². The summed E-state index contributed by atoms with van der Waals surface area (Å²) in [6, 6.07) is 12.7. The molecule has 4 nitrogen and oxygen atoms in total. The van der Waals surface area contributed by atoms with Crippen LogP contribution in [0.25, 0.3) is 6.08 Å². The molecule has 0 aromatic heterocycles. The third-order valence-electron chi connectivity index (χ3n) is 6.92. The first-order valence-electron chi connectivity index (χ1n) is 11.1. The van der Waals surface area contributed by atoms with Crippen LogP contribution in [0.5, 0.6) is 0 Å². The molecule has 2 aliphatic carbocycles. The first kappa shape index (κ1) is 20.1. The van der Waals surface area contributed by atoms with Crippen LogP contribution in [0.2, 0.25) is 0 Å². The van der Waals surface area contributed by atoms with E-state index in [2.05, 4.69) is 54.0 Å². The van der Waals surface area contributed by atoms with Gasteiger partial charge in [0.05, 0.1) is 25.2 Å². The summed E-state index contributed by atoms with van der Waals surface area (Å²) in [6.07, 6.45) is 9.82. The number of hydrogen-bond acceptors (Lipinski definition) is 4. The Morgan fingerprint density at radius 2 is 1.86 bits per heavy atom. The van der Waals surface area contributed by atoms with Gasteiger partial charge in [-0.05, 0) is 50.0 Å². The molecule has 0 spiro atoms. The summed E-state index contributed by atoms with van der Waals surface area (Å²) in [5, 5.41) is 17.2. The smallest absolute Gasteiger partial charge is 0.0579 e. The van der Waals surface area contributed by atoms with Crippen LogP contribution in [0.4, 0.5) is 0 Å². The molecule has 0 radical (unpaired) electrons. The van der Waals surface area contributed by atoms with E-state index < -0.39 is 0 Å². The normalized spacial score (nSPS) is 32.0. The molecule has 0 unspecified atom stereocenters. The molecule has 4 heteroatoms. The van der Waals surface area contributed by atoms with E-state index in [-0.39, 0.29) is 12.0 Å². The molecule has 0 bridgehead atoms. The molecule has 4 rings (SSSR count). The van der Waals surface area contributed by atoms with Gasteiger partial charge in [-0.3, -0.25) is 0 Å². The standard InChI is InChI=1S/C24H36N2O2/c1-2-19(12-18-6-4-3-5-7-18)22-13-23(22)26-21-10-8-20(9-11-21)25-14-24(15-27)16-28-17-24/h3-7,12,20-23,25-27H,2,8-11,13-17H2,1H3/b19-12+/t20?,21?,22-,23+/m0/s1. The average molecular weight is 385 g/mol. The largest absolute Gasteiger partial charge is 0.396 e. The second-order valence-corrected chi connectivity index (χ2v) is 9.18. The Bertz CT molecular complexity index is 642. The molecule has 2 saturated carbocycles. The molecular formula is C24H36N2O2. The Hall–Kier alpha value is -1.20. The molecule has 1 aromatic carbocycles. The predicted molar refractivity (Wildman–Crippen MR) is 114 cm³/mol. The molecule has 3 fully saturated rings. The Morgan fingerprint density at radius 1 is 1.14 bits per heavy atom. The van der Waals surface area contributed by atoms with Crippen LogP contribution >= 0.6 is 0 Å². The lowest BCUT2D eigenvalue weighted by Crippen LogP contribution is -2.54. The highest BCUT2D eigenvalue weighted by atomic mass is 16.5. The first-order chi connectivity index (χ1) is 13.7. The lowest BCUT2D eigenvalue weighted by molar-refractivity contribution is -0.135. The Kier molecular flexibility index (Phi) is 6.52. The first-order valence-corrected chi connectivity index (χ1v) is 11.1. The molecule has 2 atom stereocenters. The van der Waals surface area contributed by atoms with Crippen molar-refractivity contribution in [1.29, 1.82) is 0 Å². The maximum atomic E-state index is 9.56. The van der Waals surface area contributed by atoms with Crippen molar-refractivity contribution in [2.75, 3.05) is 26.4 Å². The number of ether oxygens (including phenoxy) is 1. The monoisotopic (exact) mass is 384 g/mol. The van der Waals surface area contributed by atoms with Gasteiger partial charge in [-0.2, -0.15) is 0 Å². The average Bonchev–Trinajstić information content (AvgIpc) is 3.46. The van der Waals surface area contributed by atoms with Crippen LogP contribution in [0, 0.1) is 11.3 Å². The third kappa shape index (κ3) is 4.85. The van der Waals surface area contributed by atoms with Crippen molar-refractivity contribution < 1.29 is 9.84 Å². The molecule has 28 heavy (non-hydrogen) atoms. The number of benzene rings is 1. The summed E-state index contributed by atoms with van der Waals surface area (Å²) in [7, 11) is 0. The zero-order valence-electron chi connectivity index (χ0n) is 17.2. The number of aliphatic hydroxyl groups excluding tert-OH is 1. The van der Waals surface area contributed by atoms with E-state index in [0.717, 1.165) is 18.9 Å². The second kappa shape index (κ2) is 9.08. The van der Waals surface area contributed by atoms with Crippen LogP contribution in [0.15, 0.2) is 35.9 Å². The van der Waals surface area contributed by atoms with E-state index in [1.165, 1.54) is 37.7 Å². The van der Waals surface area contributed by atoms with Crippen LogP contribution in [0.3, 0.4) is 0 Å². The van der Waals surface area contributed by atoms with Gasteiger partial charge in [-0.25, -0.2) is 0 Å². The molecule has 3 aliphatic rings. The Labute approximate surface area is 169 Å². The van der Waals surface area contributed by atoms with Crippen LogP contribution in [-0.4, -0.2) is 49.6 Å². The highest BCUT2D eigenvalue weighted by molar-refractivity contribution is 5.54. The van der Waals surface area contributed by atoms with E-state index in [0.29, 0.717) is 31.3 Å². The van der Waals surface area contributed by atoms with Crippen molar-refractivity contribution in [1.82, 2.24) is 10.6 Å². The molecular weight excluding hydrogens is 348 g/mol. The summed E-state index contributed by atoms with van der Waals surface area (Å²) < 4.78 is 5.30. The van der Waals surface area contributed by atoms with Gasteiger partial charge in [0.25, 0.3) is 0 Å². The van der Waals surface area contributed by atoms with Crippen molar-refractivity contribution in [2.45, 2.75) is 63.6 Å². The second-order valence-electron chi connectivity index (χ2n) is 9.18. The quantitative estimate of drug-likeness (QED) is 0.611. The summed E-state index contributed by atoms with van der Waals surface area (Å²) in [4.78, 5) is 0. The fourth-order valence-corrected chi connectivity index (χ4v) is 4.79. The summed E-state index contributed by atoms with van der Waals surface area (Å²) in [5.41, 5.74) is 2.91. The van der Waals surface area contributed by atoms with Crippen molar-refractivity contribution in [3.63, 3.8) is 0 Å². The van der Waals surface area contributed by atoms with E-state index in [4.69, 9.17) is 4.74 Å². The predicted octanol–water partition coefficient (Wildman–Crippen LogP) is 3.37. The van der Waals surface area contributed by atoms with Gasteiger partial charge in [0, 0.05) is 24.7 Å². The van der Waals surface area contributed by atoms with Crippen molar-refractivity contribution in [3.05, 3.63) is 41.5 Å². The molecule has 1 heterocycles. The number of nitrogens with one attached hydrogen (secondary N) is 2. The van der Waals surface area contributed by atoms with Crippen LogP contribution < -0.4 is 10.6 Å². The van der Waals surface area contributed by atoms with Crippen LogP contribution in [0.1, 0.15) is 51.0 Å². The molecule has 1 saturated heterocycles. The number of aliphatic hydroxyl groups is 1. The topological polar surface area (TPSA) is 53.5 Å². The third-order valence-corrected chi connectivity index (χ3v) is 6.92. The van der Waals surface area contributed by atoms with Crippen LogP contribution in [-0.2, 0) is 4.74 Å². The molecule has 1 aliphatic heterocycles. The zero-order valence-corrected chi connectivity index (χ0v) is 17.2. The fraction of sp³-hybridized carbons (Fsp3) is 0.667. The van der Waals surface area contributed by atoms with Gasteiger partial charge in [0.15, 0.2) is 0 Å². The van der Waals surface area contributed by atoms with Gasteiger partial charge in [0.1, 0.15) is 0 Å². The van der Waals surface area contributed by atoms with Gasteiger partial charge in [-0.1, -0.05) is 48.9 Å². The maximum Gasteiger partial charge on any atom is 0.0579 e. The Balaban J connectivity index is 1.19. The highest BCUT2D eigenvalue weighted by Crippen LogP contribution is 2.40. The SMILES string of the molecule is CC/C(=C\c1ccccc1)[C@@H]1C[C@H]1NC1CCC(NCC2(CO)COC2)CC1. The minimum atomic E-state index is -0.0159. The van der Waals surface area contributed by atoms with Gasteiger partial charge >= 0.3 is 0 Å². The van der Waals surface area contributed by atoms with E-state index >= 15 is 0 Å². The minimum absolute atomic E-state index is 0.0159. The highest BCUT2D eigenvalue weighted by Gasteiger charge is 2.41. The summed E-state index contributed by atoms with van der Waals surface area (Å²) in [6.45, 7) is 4.81.